The van der Waals surface area contributed by atoms with Gasteiger partial charge in [-0.2, -0.15) is 0 Å². The number of halogens is 1. The third kappa shape index (κ3) is 1.21. The van der Waals surface area contributed by atoms with E-state index < -0.39 is 11.7 Å². The molecule has 2 aromatic heterocycles. The Morgan fingerprint density at radius 3 is 2.93 bits per heavy atom. The fraction of sp³-hybridized carbons (Fsp3) is 0. The molecule has 0 saturated carbocycles. The smallest absolute Gasteiger partial charge is 0.358 e. The normalized spacial score (nSPS) is 10.6. The molecule has 4 nitrogen and oxygen atoms in total. The molecule has 2 N–H and O–H groups in total. The van der Waals surface area contributed by atoms with Crippen LogP contribution in [0.25, 0.3) is 10.1 Å². The summed E-state index contributed by atoms with van der Waals surface area (Å²) in [7, 11) is 0. The highest BCUT2D eigenvalue weighted by Gasteiger charge is 2.18. The predicted molar refractivity (Wildman–Crippen MR) is 53.3 cm³/mol. The van der Waals surface area contributed by atoms with Crippen molar-refractivity contribution >= 4 is 39.0 Å². The van der Waals surface area contributed by atoms with Gasteiger partial charge in [0.25, 0.3) is 0 Å². The van der Waals surface area contributed by atoms with Crippen LogP contribution < -0.4 is 0 Å². The summed E-state index contributed by atoms with van der Waals surface area (Å²) in [6, 6.07) is 1.68. The Labute approximate surface area is 87.4 Å². The molecule has 2 aromatic rings. The molecular weight excluding hydrogens is 226 g/mol. The number of hydrogen-bond acceptors (Lipinski definition) is 4. The first-order chi connectivity index (χ1) is 6.61. The number of fused-ring (bicyclic) bond motifs is 1. The van der Waals surface area contributed by atoms with E-state index in [4.69, 9.17) is 16.7 Å². The van der Waals surface area contributed by atoms with E-state index in [1.54, 1.807) is 11.4 Å². The second-order valence-electron chi connectivity index (χ2n) is 2.57. The number of carboxylic acids is 1. The lowest BCUT2D eigenvalue weighted by molar-refractivity contribution is 0.0687. The van der Waals surface area contributed by atoms with Crippen molar-refractivity contribution in [2.45, 2.75) is 0 Å². The molecule has 0 fully saturated rings. The molecular formula is C8H4ClNO3S. The number of pyridine rings is 1. The molecule has 0 aliphatic carbocycles. The van der Waals surface area contributed by atoms with Crippen molar-refractivity contribution in [2.75, 3.05) is 0 Å². The molecule has 0 unspecified atom stereocenters. The van der Waals surface area contributed by atoms with Gasteiger partial charge in [-0.3, -0.25) is 0 Å². The lowest BCUT2D eigenvalue weighted by Gasteiger charge is -2.01. The molecule has 2 heterocycles. The van der Waals surface area contributed by atoms with Crippen LogP contribution in [0.2, 0.25) is 5.15 Å². The molecule has 0 aromatic carbocycles. The molecule has 0 atom stereocenters. The quantitative estimate of drug-likeness (QED) is 0.737. The summed E-state index contributed by atoms with van der Waals surface area (Å²) in [5.74, 6) is -1.62. The van der Waals surface area contributed by atoms with E-state index in [0.717, 1.165) is 0 Å². The highest BCUT2D eigenvalue weighted by molar-refractivity contribution is 7.17. The number of aromatic hydroxyl groups is 1. The van der Waals surface area contributed by atoms with Gasteiger partial charge < -0.3 is 10.2 Å². The summed E-state index contributed by atoms with van der Waals surface area (Å²) >= 11 is 6.96. The maximum absolute atomic E-state index is 10.7. The van der Waals surface area contributed by atoms with Crippen molar-refractivity contribution in [3.8, 4) is 5.75 Å². The summed E-state index contributed by atoms with van der Waals surface area (Å²) < 4.78 is 0.447. The van der Waals surface area contributed by atoms with Gasteiger partial charge in [-0.05, 0) is 11.4 Å². The molecule has 0 aliphatic heterocycles. The largest absolute Gasteiger partial charge is 0.504 e. The van der Waals surface area contributed by atoms with Gasteiger partial charge in [-0.15, -0.1) is 11.3 Å². The maximum Gasteiger partial charge on any atom is 0.358 e. The average molecular weight is 230 g/mol. The Kier molecular flexibility index (Phi) is 2.05. The van der Waals surface area contributed by atoms with E-state index in [2.05, 4.69) is 4.98 Å². The van der Waals surface area contributed by atoms with Crippen molar-refractivity contribution in [1.82, 2.24) is 4.98 Å². The van der Waals surface area contributed by atoms with Crippen LogP contribution in [-0.4, -0.2) is 21.2 Å². The van der Waals surface area contributed by atoms with Gasteiger partial charge in [0.1, 0.15) is 5.15 Å². The monoisotopic (exact) mass is 229 g/mol. The Bertz CT molecular complexity index is 523. The predicted octanol–water partition coefficient (Wildman–Crippen LogP) is 2.35. The van der Waals surface area contributed by atoms with Crippen LogP contribution in [0.4, 0.5) is 0 Å². The van der Waals surface area contributed by atoms with Crippen molar-refractivity contribution in [3.63, 3.8) is 0 Å². The molecule has 0 saturated heterocycles. The van der Waals surface area contributed by atoms with Crippen LogP contribution in [0.5, 0.6) is 5.75 Å². The minimum Gasteiger partial charge on any atom is -0.504 e. The van der Waals surface area contributed by atoms with Crippen molar-refractivity contribution in [1.29, 1.82) is 0 Å². The van der Waals surface area contributed by atoms with Crippen LogP contribution in [0.15, 0.2) is 11.4 Å². The SMILES string of the molecule is O=C(O)c1nc(Cl)c2ccsc2c1O. The molecule has 6 heteroatoms. The van der Waals surface area contributed by atoms with Gasteiger partial charge in [0.05, 0.1) is 4.70 Å². The molecule has 72 valence electrons. The van der Waals surface area contributed by atoms with E-state index in [9.17, 15) is 9.90 Å². The highest BCUT2D eigenvalue weighted by Crippen LogP contribution is 2.35. The van der Waals surface area contributed by atoms with E-state index in [0.29, 0.717) is 10.1 Å². The molecule has 2 rings (SSSR count). The molecule has 0 aliphatic rings. The standard InChI is InChI=1S/C8H4ClNO3S/c9-7-3-1-2-14-6(3)5(11)4(10-7)8(12)13/h1-2,11H,(H,12,13). The van der Waals surface area contributed by atoms with Crippen LogP contribution in [0.1, 0.15) is 10.5 Å². The third-order valence-electron chi connectivity index (χ3n) is 1.74. The highest BCUT2D eigenvalue weighted by atomic mass is 35.5. The Hall–Kier alpha value is -1.33. The first-order valence-corrected chi connectivity index (χ1v) is 4.86. The van der Waals surface area contributed by atoms with Gasteiger partial charge in [0.2, 0.25) is 0 Å². The number of carbonyl (C=O) groups is 1. The second kappa shape index (κ2) is 3.11. The van der Waals surface area contributed by atoms with Gasteiger partial charge in [0.15, 0.2) is 11.4 Å². The summed E-state index contributed by atoms with van der Waals surface area (Å²) in [6.45, 7) is 0. The maximum atomic E-state index is 10.7. The lowest BCUT2D eigenvalue weighted by Crippen LogP contribution is -2.00. The molecule has 0 spiro atoms. The summed E-state index contributed by atoms with van der Waals surface area (Å²) in [5, 5.41) is 20.6. The van der Waals surface area contributed by atoms with E-state index in [-0.39, 0.29) is 10.9 Å². The molecule has 0 bridgehead atoms. The Morgan fingerprint density at radius 2 is 2.29 bits per heavy atom. The van der Waals surface area contributed by atoms with Gasteiger partial charge in [0, 0.05) is 5.39 Å². The van der Waals surface area contributed by atoms with E-state index >= 15 is 0 Å². The number of nitrogens with zero attached hydrogens (tertiary/aromatic N) is 1. The first-order valence-electron chi connectivity index (χ1n) is 3.60. The van der Waals surface area contributed by atoms with Crippen molar-refractivity contribution in [3.05, 3.63) is 22.3 Å². The van der Waals surface area contributed by atoms with Crippen LogP contribution in [0, 0.1) is 0 Å². The number of rotatable bonds is 1. The zero-order chi connectivity index (χ0) is 10.3. The van der Waals surface area contributed by atoms with Crippen LogP contribution in [-0.2, 0) is 0 Å². The first kappa shape index (κ1) is 9.23. The number of aromatic nitrogens is 1. The summed E-state index contributed by atoms with van der Waals surface area (Å²) in [5.41, 5.74) is -0.412. The van der Waals surface area contributed by atoms with E-state index in [1.807, 2.05) is 0 Å². The topological polar surface area (TPSA) is 70.4 Å². The van der Waals surface area contributed by atoms with Gasteiger partial charge in [-0.1, -0.05) is 11.6 Å². The fourth-order valence-electron chi connectivity index (χ4n) is 1.12. The molecule has 14 heavy (non-hydrogen) atoms. The van der Waals surface area contributed by atoms with E-state index in [1.165, 1.54) is 11.3 Å². The van der Waals surface area contributed by atoms with Crippen molar-refractivity contribution < 1.29 is 15.0 Å². The molecule has 0 radical (unpaired) electrons. The minimum atomic E-state index is -1.29. The zero-order valence-electron chi connectivity index (χ0n) is 6.69. The number of thiophene rings is 1. The zero-order valence-corrected chi connectivity index (χ0v) is 8.26. The van der Waals surface area contributed by atoms with Gasteiger partial charge in [-0.25, -0.2) is 9.78 Å². The van der Waals surface area contributed by atoms with Crippen molar-refractivity contribution in [2.24, 2.45) is 0 Å². The summed E-state index contributed by atoms with van der Waals surface area (Å²) in [6.07, 6.45) is 0. The second-order valence-corrected chi connectivity index (χ2v) is 3.84. The van der Waals surface area contributed by atoms with Crippen LogP contribution >= 0.6 is 22.9 Å². The number of aromatic carboxylic acids is 1. The third-order valence-corrected chi connectivity index (χ3v) is 2.95. The fourth-order valence-corrected chi connectivity index (χ4v) is 2.26. The number of carboxylic acid groups (broad SMARTS) is 1. The molecule has 0 amide bonds. The Balaban J connectivity index is 2.88. The van der Waals surface area contributed by atoms with Gasteiger partial charge >= 0.3 is 5.97 Å². The minimum absolute atomic E-state index is 0.0939. The number of hydrogen-bond donors (Lipinski definition) is 2. The Morgan fingerprint density at radius 1 is 1.57 bits per heavy atom. The lowest BCUT2D eigenvalue weighted by atomic mass is 10.2. The average Bonchev–Trinajstić information content (AvgIpc) is 2.59. The van der Waals surface area contributed by atoms with Crippen LogP contribution in [0.3, 0.4) is 0 Å². The summed E-state index contributed by atoms with van der Waals surface area (Å²) in [4.78, 5) is 14.3.